The molecule has 2 aromatic rings. The van der Waals surface area contributed by atoms with Gasteiger partial charge in [0.25, 0.3) is 0 Å². The highest BCUT2D eigenvalue weighted by molar-refractivity contribution is 7.12. The minimum atomic E-state index is 0.470. The zero-order valence-corrected chi connectivity index (χ0v) is 12.9. The molecule has 0 radical (unpaired) electrons. The minimum absolute atomic E-state index is 0.470. The van der Waals surface area contributed by atoms with E-state index >= 15 is 0 Å². The average Bonchev–Trinajstić information content (AvgIpc) is 2.99. The van der Waals surface area contributed by atoms with Crippen LogP contribution in [0.1, 0.15) is 41.4 Å². The van der Waals surface area contributed by atoms with Crippen LogP contribution < -0.4 is 5.32 Å². The lowest BCUT2D eigenvalue weighted by molar-refractivity contribution is 0.418. The summed E-state index contributed by atoms with van der Waals surface area (Å²) in [5, 5.41) is 5.86. The van der Waals surface area contributed by atoms with Gasteiger partial charge in [0.15, 0.2) is 0 Å². The Morgan fingerprint density at radius 3 is 2.50 bits per heavy atom. The van der Waals surface area contributed by atoms with Gasteiger partial charge < -0.3 is 5.32 Å². The normalized spacial score (nSPS) is 13.1. The van der Waals surface area contributed by atoms with Crippen molar-refractivity contribution in [3.05, 3.63) is 44.3 Å². The van der Waals surface area contributed by atoms with Crippen molar-refractivity contribution in [2.24, 2.45) is 5.92 Å². The molecule has 0 bridgehead atoms. The fourth-order valence-electron chi connectivity index (χ4n) is 2.05. The molecule has 0 saturated carbocycles. The molecular formula is C15H21NS2. The van der Waals surface area contributed by atoms with Crippen molar-refractivity contribution in [1.82, 2.24) is 5.32 Å². The number of nitrogens with one attached hydrogen (secondary N) is 1. The second kappa shape index (κ2) is 6.50. The molecule has 0 aliphatic rings. The van der Waals surface area contributed by atoms with Crippen LogP contribution in [0.2, 0.25) is 0 Å². The predicted molar refractivity (Wildman–Crippen MR) is 82.4 cm³/mol. The Bertz CT molecular complexity index is 457. The maximum Gasteiger partial charge on any atom is 0.0440 e. The van der Waals surface area contributed by atoms with E-state index in [-0.39, 0.29) is 0 Å². The Labute approximate surface area is 118 Å². The third kappa shape index (κ3) is 3.44. The van der Waals surface area contributed by atoms with E-state index in [0.717, 1.165) is 13.0 Å². The first-order valence-electron chi connectivity index (χ1n) is 6.55. The maximum absolute atomic E-state index is 3.70. The van der Waals surface area contributed by atoms with Gasteiger partial charge in [-0.25, -0.2) is 0 Å². The summed E-state index contributed by atoms with van der Waals surface area (Å²) in [4.78, 5) is 4.36. The van der Waals surface area contributed by atoms with Crippen molar-refractivity contribution < 1.29 is 0 Å². The zero-order valence-electron chi connectivity index (χ0n) is 11.3. The van der Waals surface area contributed by atoms with Gasteiger partial charge in [0.05, 0.1) is 0 Å². The quantitative estimate of drug-likeness (QED) is 0.796. The smallest absolute Gasteiger partial charge is 0.0440 e. The Morgan fingerprint density at radius 2 is 1.94 bits per heavy atom. The SMILES string of the molecule is CCc1ccc(CNC(c2cccs2)C(C)C)s1. The fraction of sp³-hybridized carbons (Fsp3) is 0.467. The molecule has 3 heteroatoms. The summed E-state index contributed by atoms with van der Waals surface area (Å²) in [5.74, 6) is 0.620. The second-order valence-corrected chi connectivity index (χ2v) is 7.07. The minimum Gasteiger partial charge on any atom is -0.304 e. The van der Waals surface area contributed by atoms with Gasteiger partial charge >= 0.3 is 0 Å². The molecule has 1 N–H and O–H groups in total. The highest BCUT2D eigenvalue weighted by Gasteiger charge is 2.16. The van der Waals surface area contributed by atoms with Crippen molar-refractivity contribution in [3.8, 4) is 0 Å². The number of hydrogen-bond acceptors (Lipinski definition) is 3. The summed E-state index contributed by atoms with van der Waals surface area (Å²) >= 11 is 3.77. The summed E-state index contributed by atoms with van der Waals surface area (Å²) in [6, 6.07) is 9.34. The van der Waals surface area contributed by atoms with Crippen molar-refractivity contribution in [1.29, 1.82) is 0 Å². The van der Waals surface area contributed by atoms with Crippen LogP contribution in [0.5, 0.6) is 0 Å². The van der Waals surface area contributed by atoms with Crippen LogP contribution in [0.3, 0.4) is 0 Å². The molecule has 1 atom stereocenters. The van der Waals surface area contributed by atoms with Crippen molar-refractivity contribution in [3.63, 3.8) is 0 Å². The van der Waals surface area contributed by atoms with Crippen LogP contribution in [0.25, 0.3) is 0 Å². The lowest BCUT2D eigenvalue weighted by atomic mass is 10.0. The average molecular weight is 279 g/mol. The summed E-state index contributed by atoms with van der Waals surface area (Å²) in [6.07, 6.45) is 1.14. The molecule has 0 amide bonds. The first-order chi connectivity index (χ1) is 8.70. The molecule has 0 aliphatic carbocycles. The molecule has 0 saturated heterocycles. The monoisotopic (exact) mass is 279 g/mol. The highest BCUT2D eigenvalue weighted by atomic mass is 32.1. The van der Waals surface area contributed by atoms with E-state index < -0.39 is 0 Å². The topological polar surface area (TPSA) is 12.0 Å². The Hall–Kier alpha value is -0.640. The molecule has 1 unspecified atom stereocenters. The van der Waals surface area contributed by atoms with E-state index in [0.29, 0.717) is 12.0 Å². The number of aryl methyl sites for hydroxylation is 1. The molecule has 0 aromatic carbocycles. The highest BCUT2D eigenvalue weighted by Crippen LogP contribution is 2.27. The molecule has 0 fully saturated rings. The Kier molecular flexibility index (Phi) is 4.98. The summed E-state index contributed by atoms with van der Waals surface area (Å²) in [6.45, 7) is 7.75. The Morgan fingerprint density at radius 1 is 1.17 bits per heavy atom. The first kappa shape index (κ1) is 13.8. The summed E-state index contributed by atoms with van der Waals surface area (Å²) in [7, 11) is 0. The zero-order chi connectivity index (χ0) is 13.0. The van der Waals surface area contributed by atoms with Crippen LogP contribution in [-0.2, 0) is 13.0 Å². The van der Waals surface area contributed by atoms with E-state index in [4.69, 9.17) is 0 Å². The van der Waals surface area contributed by atoms with Gasteiger partial charge in [-0.1, -0.05) is 26.8 Å². The summed E-state index contributed by atoms with van der Waals surface area (Å²) in [5.41, 5.74) is 0. The molecular weight excluding hydrogens is 258 g/mol. The van der Waals surface area contributed by atoms with Crippen LogP contribution in [0.15, 0.2) is 29.6 Å². The van der Waals surface area contributed by atoms with Crippen molar-refractivity contribution in [2.75, 3.05) is 0 Å². The van der Waals surface area contributed by atoms with Gasteiger partial charge in [0, 0.05) is 27.2 Å². The van der Waals surface area contributed by atoms with Crippen molar-refractivity contribution >= 4 is 22.7 Å². The summed E-state index contributed by atoms with van der Waals surface area (Å²) < 4.78 is 0. The van der Waals surface area contributed by atoms with E-state index in [1.54, 1.807) is 0 Å². The standard InChI is InChI=1S/C15H21NS2/c1-4-12-7-8-13(18-12)10-16-15(11(2)3)14-6-5-9-17-14/h5-9,11,15-16H,4,10H2,1-3H3. The molecule has 0 aliphatic heterocycles. The lowest BCUT2D eigenvalue weighted by Crippen LogP contribution is -2.24. The molecule has 0 spiro atoms. The van der Waals surface area contributed by atoms with E-state index in [1.807, 2.05) is 22.7 Å². The van der Waals surface area contributed by atoms with E-state index in [9.17, 15) is 0 Å². The van der Waals surface area contributed by atoms with Crippen LogP contribution in [0, 0.1) is 5.92 Å². The van der Waals surface area contributed by atoms with Gasteiger partial charge in [0.2, 0.25) is 0 Å². The van der Waals surface area contributed by atoms with Gasteiger partial charge in [0.1, 0.15) is 0 Å². The predicted octanol–water partition coefficient (Wildman–Crippen LogP) is 4.86. The fourth-order valence-corrected chi connectivity index (χ4v) is 3.93. The van der Waals surface area contributed by atoms with Crippen LogP contribution >= 0.6 is 22.7 Å². The molecule has 2 rings (SSSR count). The largest absolute Gasteiger partial charge is 0.304 e. The van der Waals surface area contributed by atoms with Crippen LogP contribution in [0.4, 0.5) is 0 Å². The van der Waals surface area contributed by atoms with E-state index in [2.05, 4.69) is 55.7 Å². The lowest BCUT2D eigenvalue weighted by Gasteiger charge is -2.20. The second-order valence-electron chi connectivity index (χ2n) is 4.84. The van der Waals surface area contributed by atoms with Crippen LogP contribution in [-0.4, -0.2) is 0 Å². The van der Waals surface area contributed by atoms with Gasteiger partial charge in [-0.05, 0) is 35.9 Å². The molecule has 2 aromatic heterocycles. The Balaban J connectivity index is 1.98. The number of thiophene rings is 2. The van der Waals surface area contributed by atoms with Gasteiger partial charge in [-0.3, -0.25) is 0 Å². The molecule has 98 valence electrons. The maximum atomic E-state index is 3.70. The van der Waals surface area contributed by atoms with Crippen molar-refractivity contribution in [2.45, 2.75) is 39.8 Å². The van der Waals surface area contributed by atoms with E-state index in [1.165, 1.54) is 14.6 Å². The number of hydrogen-bond donors (Lipinski definition) is 1. The number of rotatable bonds is 6. The molecule has 1 nitrogen and oxygen atoms in total. The van der Waals surface area contributed by atoms with Gasteiger partial charge in [-0.15, -0.1) is 22.7 Å². The first-order valence-corrected chi connectivity index (χ1v) is 8.24. The molecule has 18 heavy (non-hydrogen) atoms. The van der Waals surface area contributed by atoms with Gasteiger partial charge in [-0.2, -0.15) is 0 Å². The third-order valence-electron chi connectivity index (χ3n) is 3.08. The third-order valence-corrected chi connectivity index (χ3v) is 5.26. The molecule has 2 heterocycles.